The number of nitrogens with one attached hydrogen (secondary N) is 2. The number of ketones is 1. The summed E-state index contributed by atoms with van der Waals surface area (Å²) in [6.45, 7) is 4.40. The van der Waals surface area contributed by atoms with E-state index in [1.165, 1.54) is 6.92 Å². The van der Waals surface area contributed by atoms with Crippen molar-refractivity contribution in [2.75, 3.05) is 23.8 Å². The van der Waals surface area contributed by atoms with Crippen molar-refractivity contribution in [1.29, 1.82) is 0 Å². The molecule has 176 valence electrons. The van der Waals surface area contributed by atoms with Crippen LogP contribution in [-0.2, 0) is 4.79 Å². The van der Waals surface area contributed by atoms with Gasteiger partial charge in [0.05, 0.1) is 13.2 Å². The number of carbonyl (C=O) groups excluding carboxylic acids is 3. The summed E-state index contributed by atoms with van der Waals surface area (Å²) < 4.78 is 11.0. The normalized spacial score (nSPS) is 10.3. The summed E-state index contributed by atoms with van der Waals surface area (Å²) in [4.78, 5) is 35.9. The molecule has 2 amide bonds. The lowest BCUT2D eigenvalue weighted by Crippen LogP contribution is -2.14. The lowest BCUT2D eigenvalue weighted by Gasteiger charge is -2.09. The van der Waals surface area contributed by atoms with E-state index in [1.54, 1.807) is 72.8 Å². The van der Waals surface area contributed by atoms with Crippen molar-refractivity contribution in [3.05, 3.63) is 83.9 Å². The first-order valence-electron chi connectivity index (χ1n) is 11.1. The quantitative estimate of drug-likeness (QED) is 0.298. The summed E-state index contributed by atoms with van der Waals surface area (Å²) in [6, 6.07) is 20.8. The number of Topliss-reactive ketones (excluding diaryl/α,β-unsaturated/α-hetero) is 1. The molecule has 0 aliphatic rings. The van der Waals surface area contributed by atoms with Gasteiger partial charge in [-0.3, -0.25) is 14.4 Å². The highest BCUT2D eigenvalue weighted by atomic mass is 16.5. The van der Waals surface area contributed by atoms with Crippen LogP contribution in [0.5, 0.6) is 11.5 Å². The highest BCUT2D eigenvalue weighted by Gasteiger charge is 2.08. The molecule has 7 nitrogen and oxygen atoms in total. The molecule has 0 aliphatic heterocycles. The predicted octanol–water partition coefficient (Wildman–Crippen LogP) is 5.34. The third kappa shape index (κ3) is 7.48. The van der Waals surface area contributed by atoms with Crippen molar-refractivity contribution >= 4 is 29.0 Å². The number of anilines is 2. The van der Waals surface area contributed by atoms with Gasteiger partial charge in [-0.1, -0.05) is 0 Å². The second-order valence-corrected chi connectivity index (χ2v) is 7.57. The molecule has 0 saturated heterocycles. The SMILES string of the molecule is CCOc1ccc(NC(=O)c2ccc(NC(=O)CCCOc3ccc(C(C)=O)cc3)cc2)cc1. The Morgan fingerprint density at radius 3 is 1.85 bits per heavy atom. The van der Waals surface area contributed by atoms with Crippen molar-refractivity contribution in [3.63, 3.8) is 0 Å². The minimum absolute atomic E-state index is 0.00418. The smallest absolute Gasteiger partial charge is 0.255 e. The molecule has 0 radical (unpaired) electrons. The molecular weight excluding hydrogens is 432 g/mol. The molecule has 3 aromatic carbocycles. The summed E-state index contributed by atoms with van der Waals surface area (Å²) in [5, 5.41) is 5.65. The van der Waals surface area contributed by atoms with E-state index in [0.717, 1.165) is 5.75 Å². The van der Waals surface area contributed by atoms with Gasteiger partial charge in [0.1, 0.15) is 11.5 Å². The van der Waals surface area contributed by atoms with E-state index in [2.05, 4.69) is 10.6 Å². The molecule has 0 aliphatic carbocycles. The Morgan fingerprint density at radius 1 is 0.706 bits per heavy atom. The van der Waals surface area contributed by atoms with Gasteiger partial charge in [-0.2, -0.15) is 0 Å². The molecule has 0 heterocycles. The third-order valence-electron chi connectivity index (χ3n) is 4.93. The molecule has 3 rings (SSSR count). The van der Waals surface area contributed by atoms with Gasteiger partial charge in [0, 0.05) is 28.9 Å². The highest BCUT2D eigenvalue weighted by molar-refractivity contribution is 6.04. The van der Waals surface area contributed by atoms with Crippen LogP contribution >= 0.6 is 0 Å². The van der Waals surface area contributed by atoms with Gasteiger partial charge in [-0.05, 0) is 93.1 Å². The molecule has 0 spiro atoms. The van der Waals surface area contributed by atoms with Crippen LogP contribution in [-0.4, -0.2) is 30.8 Å². The molecule has 0 fully saturated rings. The van der Waals surface area contributed by atoms with Gasteiger partial charge in [-0.25, -0.2) is 0 Å². The summed E-state index contributed by atoms with van der Waals surface area (Å²) in [5.41, 5.74) is 2.40. The number of hydrogen-bond acceptors (Lipinski definition) is 5. The highest BCUT2D eigenvalue weighted by Crippen LogP contribution is 2.18. The Morgan fingerprint density at radius 2 is 1.24 bits per heavy atom. The predicted molar refractivity (Wildman–Crippen MR) is 132 cm³/mol. The van der Waals surface area contributed by atoms with Gasteiger partial charge in [0.2, 0.25) is 5.91 Å². The summed E-state index contributed by atoms with van der Waals surface area (Å²) >= 11 is 0. The van der Waals surface area contributed by atoms with Gasteiger partial charge in [0.25, 0.3) is 5.91 Å². The molecule has 0 atom stereocenters. The zero-order chi connectivity index (χ0) is 24.3. The Kier molecular flexibility index (Phi) is 8.80. The molecule has 7 heteroatoms. The van der Waals surface area contributed by atoms with E-state index in [0.29, 0.717) is 54.3 Å². The van der Waals surface area contributed by atoms with Crippen molar-refractivity contribution in [3.8, 4) is 11.5 Å². The Balaban J connectivity index is 1.40. The van der Waals surface area contributed by atoms with Crippen LogP contribution in [0.2, 0.25) is 0 Å². The summed E-state index contributed by atoms with van der Waals surface area (Å²) in [7, 11) is 0. The third-order valence-corrected chi connectivity index (χ3v) is 4.93. The minimum Gasteiger partial charge on any atom is -0.494 e. The second kappa shape index (κ2) is 12.2. The van der Waals surface area contributed by atoms with Gasteiger partial charge >= 0.3 is 0 Å². The Labute approximate surface area is 199 Å². The number of carbonyl (C=O) groups is 3. The summed E-state index contributed by atoms with van der Waals surface area (Å²) in [5.74, 6) is 1.03. The first-order chi connectivity index (χ1) is 16.4. The fourth-order valence-corrected chi connectivity index (χ4v) is 3.14. The second-order valence-electron chi connectivity index (χ2n) is 7.57. The van der Waals surface area contributed by atoms with Gasteiger partial charge in [0.15, 0.2) is 5.78 Å². The fourth-order valence-electron chi connectivity index (χ4n) is 3.14. The van der Waals surface area contributed by atoms with Crippen molar-refractivity contribution in [1.82, 2.24) is 0 Å². The topological polar surface area (TPSA) is 93.7 Å². The van der Waals surface area contributed by atoms with E-state index in [-0.39, 0.29) is 17.6 Å². The largest absolute Gasteiger partial charge is 0.494 e. The molecule has 2 N–H and O–H groups in total. The zero-order valence-electron chi connectivity index (χ0n) is 19.3. The maximum absolute atomic E-state index is 12.4. The van der Waals surface area contributed by atoms with Crippen LogP contribution < -0.4 is 20.1 Å². The number of ether oxygens (including phenoxy) is 2. The zero-order valence-corrected chi connectivity index (χ0v) is 19.3. The lowest BCUT2D eigenvalue weighted by molar-refractivity contribution is -0.116. The Hall–Kier alpha value is -4.13. The number of hydrogen-bond donors (Lipinski definition) is 2. The van der Waals surface area contributed by atoms with Gasteiger partial charge < -0.3 is 20.1 Å². The lowest BCUT2D eigenvalue weighted by atomic mass is 10.1. The van der Waals surface area contributed by atoms with Crippen molar-refractivity contribution < 1.29 is 23.9 Å². The first kappa shape index (κ1) is 24.5. The molecular formula is C27H28N2O5. The van der Waals surface area contributed by atoms with E-state index in [9.17, 15) is 14.4 Å². The summed E-state index contributed by atoms with van der Waals surface area (Å²) in [6.07, 6.45) is 0.842. The van der Waals surface area contributed by atoms with Crippen LogP contribution in [0.25, 0.3) is 0 Å². The van der Waals surface area contributed by atoms with E-state index < -0.39 is 0 Å². The van der Waals surface area contributed by atoms with E-state index in [4.69, 9.17) is 9.47 Å². The fraction of sp³-hybridized carbons (Fsp3) is 0.222. The molecule has 0 unspecified atom stereocenters. The van der Waals surface area contributed by atoms with E-state index >= 15 is 0 Å². The van der Waals surface area contributed by atoms with Crippen LogP contribution in [0, 0.1) is 0 Å². The molecule has 3 aromatic rings. The van der Waals surface area contributed by atoms with Crippen molar-refractivity contribution in [2.45, 2.75) is 26.7 Å². The minimum atomic E-state index is -0.240. The maximum Gasteiger partial charge on any atom is 0.255 e. The molecule has 0 saturated carbocycles. The monoisotopic (exact) mass is 460 g/mol. The van der Waals surface area contributed by atoms with Crippen LogP contribution in [0.3, 0.4) is 0 Å². The standard InChI is InChI=1S/C27H28N2O5/c1-3-33-24-16-12-23(13-17-24)29-27(32)21-6-10-22(11-7-21)28-26(31)5-4-18-34-25-14-8-20(9-15-25)19(2)30/h6-17H,3-5,18H2,1-2H3,(H,28,31)(H,29,32). The molecule has 34 heavy (non-hydrogen) atoms. The van der Waals surface area contributed by atoms with Crippen LogP contribution in [0.1, 0.15) is 47.4 Å². The van der Waals surface area contributed by atoms with Crippen molar-refractivity contribution in [2.24, 2.45) is 0 Å². The van der Waals surface area contributed by atoms with Gasteiger partial charge in [-0.15, -0.1) is 0 Å². The number of benzene rings is 3. The van der Waals surface area contributed by atoms with Crippen LogP contribution in [0.4, 0.5) is 11.4 Å². The average Bonchev–Trinajstić information content (AvgIpc) is 2.84. The molecule has 0 aromatic heterocycles. The first-order valence-corrected chi connectivity index (χ1v) is 11.1. The van der Waals surface area contributed by atoms with Crippen LogP contribution in [0.15, 0.2) is 72.8 Å². The molecule has 0 bridgehead atoms. The number of rotatable bonds is 11. The number of amides is 2. The maximum atomic E-state index is 12.4. The Bertz CT molecular complexity index is 1110. The van der Waals surface area contributed by atoms with E-state index in [1.807, 2.05) is 6.92 Å². The average molecular weight is 461 g/mol.